The van der Waals surface area contributed by atoms with E-state index in [2.05, 4.69) is 10.4 Å². The van der Waals surface area contributed by atoms with Crippen LogP contribution in [0.5, 0.6) is 0 Å². The zero-order valence-electron chi connectivity index (χ0n) is 12.4. The Bertz CT molecular complexity index is 573. The SMILES string of the molecule is CC(C)(C)[C@H](N)C(=O)Nc1ccc(-n2cccn2)cc1.Cl. The van der Waals surface area contributed by atoms with Crippen molar-refractivity contribution in [3.63, 3.8) is 0 Å². The van der Waals surface area contributed by atoms with Gasteiger partial charge in [0.05, 0.1) is 11.7 Å². The lowest BCUT2D eigenvalue weighted by atomic mass is 9.87. The predicted octanol–water partition coefficient (Wildman–Crippen LogP) is 2.61. The molecule has 3 N–H and O–H groups in total. The summed E-state index contributed by atoms with van der Waals surface area (Å²) >= 11 is 0. The molecule has 0 unspecified atom stereocenters. The Hall–Kier alpha value is -1.85. The van der Waals surface area contributed by atoms with E-state index in [0.29, 0.717) is 0 Å². The van der Waals surface area contributed by atoms with Gasteiger partial charge in [-0.05, 0) is 35.7 Å². The first-order chi connectivity index (χ1) is 9.38. The van der Waals surface area contributed by atoms with Gasteiger partial charge in [0, 0.05) is 18.1 Å². The molecule has 1 aromatic heterocycles. The molecule has 5 nitrogen and oxygen atoms in total. The molecule has 0 aliphatic heterocycles. The molecule has 2 aromatic rings. The number of hydrogen-bond donors (Lipinski definition) is 2. The molecule has 21 heavy (non-hydrogen) atoms. The normalized spacial score (nSPS) is 12.4. The summed E-state index contributed by atoms with van der Waals surface area (Å²) in [4.78, 5) is 12.0. The summed E-state index contributed by atoms with van der Waals surface area (Å²) in [5, 5.41) is 6.97. The Morgan fingerprint density at radius 1 is 1.29 bits per heavy atom. The van der Waals surface area contributed by atoms with Crippen LogP contribution in [0.25, 0.3) is 5.69 Å². The fourth-order valence-electron chi connectivity index (χ4n) is 1.73. The Morgan fingerprint density at radius 2 is 1.90 bits per heavy atom. The van der Waals surface area contributed by atoms with Crippen LogP contribution in [0, 0.1) is 5.41 Å². The van der Waals surface area contributed by atoms with Crippen LogP contribution in [0.15, 0.2) is 42.7 Å². The van der Waals surface area contributed by atoms with Crippen molar-refractivity contribution in [2.45, 2.75) is 26.8 Å². The minimum atomic E-state index is -0.548. The van der Waals surface area contributed by atoms with Crippen molar-refractivity contribution in [2.24, 2.45) is 11.1 Å². The number of carbonyl (C=O) groups is 1. The third-order valence-corrected chi connectivity index (χ3v) is 3.12. The Morgan fingerprint density at radius 3 is 2.38 bits per heavy atom. The molecule has 0 radical (unpaired) electrons. The van der Waals surface area contributed by atoms with Crippen LogP contribution >= 0.6 is 12.4 Å². The van der Waals surface area contributed by atoms with E-state index in [0.717, 1.165) is 11.4 Å². The number of halogens is 1. The molecule has 0 aliphatic carbocycles. The molecule has 1 amide bonds. The van der Waals surface area contributed by atoms with E-state index in [9.17, 15) is 4.79 Å². The van der Waals surface area contributed by atoms with Gasteiger partial charge in [-0.3, -0.25) is 4.79 Å². The molecular weight excluding hydrogens is 288 g/mol. The summed E-state index contributed by atoms with van der Waals surface area (Å²) in [6.07, 6.45) is 3.58. The van der Waals surface area contributed by atoms with Crippen molar-refractivity contribution in [3.8, 4) is 5.69 Å². The van der Waals surface area contributed by atoms with Crippen LogP contribution in [0.2, 0.25) is 0 Å². The van der Waals surface area contributed by atoms with Gasteiger partial charge in [-0.15, -0.1) is 12.4 Å². The van der Waals surface area contributed by atoms with Crippen molar-refractivity contribution in [1.82, 2.24) is 9.78 Å². The zero-order valence-corrected chi connectivity index (χ0v) is 13.2. The van der Waals surface area contributed by atoms with Gasteiger partial charge in [0.15, 0.2) is 0 Å². The summed E-state index contributed by atoms with van der Waals surface area (Å²) in [5.74, 6) is -0.177. The van der Waals surface area contributed by atoms with Crippen LogP contribution in [0.3, 0.4) is 0 Å². The number of aromatic nitrogens is 2. The number of anilines is 1. The second kappa shape index (κ2) is 6.74. The summed E-state index contributed by atoms with van der Waals surface area (Å²) in [5.41, 5.74) is 7.32. The monoisotopic (exact) mass is 308 g/mol. The number of nitrogens with one attached hydrogen (secondary N) is 1. The van der Waals surface area contributed by atoms with Gasteiger partial charge >= 0.3 is 0 Å². The molecule has 0 bridgehead atoms. The number of hydrogen-bond acceptors (Lipinski definition) is 3. The molecule has 1 aromatic carbocycles. The Labute approximate surface area is 130 Å². The molecule has 0 saturated carbocycles. The van der Waals surface area contributed by atoms with Crippen LogP contribution in [-0.2, 0) is 4.79 Å². The first kappa shape index (κ1) is 17.2. The van der Waals surface area contributed by atoms with Crippen molar-refractivity contribution < 1.29 is 4.79 Å². The molecule has 1 heterocycles. The Kier molecular flexibility index (Phi) is 5.52. The first-order valence-electron chi connectivity index (χ1n) is 6.54. The molecule has 0 aliphatic rings. The summed E-state index contributed by atoms with van der Waals surface area (Å²) in [6.45, 7) is 5.83. The number of amides is 1. The van der Waals surface area contributed by atoms with Gasteiger partial charge in [-0.1, -0.05) is 20.8 Å². The van der Waals surface area contributed by atoms with Crippen LogP contribution in [0.4, 0.5) is 5.69 Å². The quantitative estimate of drug-likeness (QED) is 0.915. The molecule has 114 valence electrons. The standard InChI is InChI=1S/C15H20N4O.ClH/c1-15(2,3)13(16)14(20)18-11-5-7-12(8-6-11)19-10-4-9-17-19;/h4-10,13H,16H2,1-3H3,(H,18,20);1H/t13-;/m1./s1. The van der Waals surface area contributed by atoms with Gasteiger partial charge in [-0.2, -0.15) is 5.10 Å². The first-order valence-corrected chi connectivity index (χ1v) is 6.54. The number of nitrogens with two attached hydrogens (primary N) is 1. The zero-order chi connectivity index (χ0) is 14.8. The maximum atomic E-state index is 12.0. The molecule has 0 saturated heterocycles. The van der Waals surface area contributed by atoms with E-state index in [1.54, 1.807) is 10.9 Å². The number of carbonyl (C=O) groups excluding carboxylic acids is 1. The van der Waals surface area contributed by atoms with Crippen molar-refractivity contribution >= 4 is 24.0 Å². The summed E-state index contributed by atoms with van der Waals surface area (Å²) < 4.78 is 1.76. The topological polar surface area (TPSA) is 72.9 Å². The fraction of sp³-hybridized carbons (Fsp3) is 0.333. The molecule has 6 heteroatoms. The average molecular weight is 309 g/mol. The number of nitrogens with zero attached hydrogens (tertiary/aromatic N) is 2. The second-order valence-electron chi connectivity index (χ2n) is 5.83. The highest BCUT2D eigenvalue weighted by Gasteiger charge is 2.27. The number of benzene rings is 1. The van der Waals surface area contributed by atoms with E-state index in [-0.39, 0.29) is 23.7 Å². The molecular formula is C15H21ClN4O. The van der Waals surface area contributed by atoms with Crippen molar-refractivity contribution in [3.05, 3.63) is 42.7 Å². The summed E-state index contributed by atoms with van der Waals surface area (Å²) in [7, 11) is 0. The smallest absolute Gasteiger partial charge is 0.241 e. The van der Waals surface area contributed by atoms with E-state index in [1.165, 1.54) is 0 Å². The van der Waals surface area contributed by atoms with Gasteiger partial charge in [0.1, 0.15) is 0 Å². The minimum absolute atomic E-state index is 0. The lowest BCUT2D eigenvalue weighted by Crippen LogP contribution is -2.45. The largest absolute Gasteiger partial charge is 0.325 e. The van der Waals surface area contributed by atoms with E-state index < -0.39 is 6.04 Å². The van der Waals surface area contributed by atoms with E-state index >= 15 is 0 Å². The third-order valence-electron chi connectivity index (χ3n) is 3.12. The van der Waals surface area contributed by atoms with E-state index in [1.807, 2.05) is 57.3 Å². The van der Waals surface area contributed by atoms with Crippen LogP contribution < -0.4 is 11.1 Å². The maximum Gasteiger partial charge on any atom is 0.241 e. The third kappa shape index (κ3) is 4.31. The van der Waals surface area contributed by atoms with Crippen molar-refractivity contribution in [1.29, 1.82) is 0 Å². The van der Waals surface area contributed by atoms with Crippen molar-refractivity contribution in [2.75, 3.05) is 5.32 Å². The highest BCUT2D eigenvalue weighted by molar-refractivity contribution is 5.95. The molecule has 0 fully saturated rings. The highest BCUT2D eigenvalue weighted by Crippen LogP contribution is 2.19. The van der Waals surface area contributed by atoms with E-state index in [4.69, 9.17) is 5.73 Å². The second-order valence-corrected chi connectivity index (χ2v) is 5.83. The van der Waals surface area contributed by atoms with Gasteiger partial charge in [0.25, 0.3) is 0 Å². The Balaban J connectivity index is 0.00000220. The minimum Gasteiger partial charge on any atom is -0.325 e. The predicted molar refractivity (Wildman–Crippen MR) is 86.9 cm³/mol. The molecule has 1 atom stereocenters. The van der Waals surface area contributed by atoms with Gasteiger partial charge in [-0.25, -0.2) is 4.68 Å². The lowest BCUT2D eigenvalue weighted by Gasteiger charge is -2.25. The molecule has 2 rings (SSSR count). The fourth-order valence-corrected chi connectivity index (χ4v) is 1.73. The maximum absolute atomic E-state index is 12.0. The van der Waals surface area contributed by atoms with Gasteiger partial charge < -0.3 is 11.1 Å². The molecule has 0 spiro atoms. The van der Waals surface area contributed by atoms with Crippen LogP contribution in [0.1, 0.15) is 20.8 Å². The summed E-state index contributed by atoms with van der Waals surface area (Å²) in [6, 6.07) is 8.77. The van der Waals surface area contributed by atoms with Gasteiger partial charge in [0.2, 0.25) is 5.91 Å². The lowest BCUT2D eigenvalue weighted by molar-refractivity contribution is -0.119. The highest BCUT2D eigenvalue weighted by atomic mass is 35.5. The number of rotatable bonds is 3. The average Bonchev–Trinajstić information content (AvgIpc) is 2.91. The van der Waals surface area contributed by atoms with Crippen LogP contribution in [-0.4, -0.2) is 21.7 Å².